The van der Waals surface area contributed by atoms with E-state index in [9.17, 15) is 0 Å². The van der Waals surface area contributed by atoms with Crippen LogP contribution >= 0.6 is 0 Å². The number of nitrogens with zero attached hydrogens (tertiary/aromatic N) is 2. The average Bonchev–Trinajstić information content (AvgIpc) is 3.41. The maximum absolute atomic E-state index is 17.6. The van der Waals surface area contributed by atoms with E-state index in [-0.39, 0.29) is 17.6 Å². The maximum atomic E-state index is 17.6. The van der Waals surface area contributed by atoms with Gasteiger partial charge in [0, 0.05) is 39.2 Å². The Morgan fingerprint density at radius 1 is 0.382 bits per heavy atom. The molecule has 0 fully saturated rings. The Morgan fingerprint density at radius 3 is 1.31 bits per heavy atom. The van der Waals surface area contributed by atoms with Crippen LogP contribution in [0, 0.1) is 11.6 Å². The highest BCUT2D eigenvalue weighted by atomic mass is 19.1. The van der Waals surface area contributed by atoms with Crippen LogP contribution in [0.1, 0.15) is 17.9 Å². The predicted octanol–water partition coefficient (Wildman–Crippen LogP) is 18.4. The van der Waals surface area contributed by atoms with E-state index >= 15 is 8.78 Å². The van der Waals surface area contributed by atoms with Gasteiger partial charge in [0.2, 0.25) is 0 Å². The number of anilines is 6. The minimum atomic E-state index is -0.334. The van der Waals surface area contributed by atoms with Crippen LogP contribution in [0.3, 0.4) is 0 Å². The standard InChI is InChI=1S/C64H44F2N2/c65-57-41-49(43-19-7-1-8-20-43)39-55(45-23-11-3-12-24-45)63(57)67(51-27-15-5-16-28-51)59-37-33-47-32-36-54-60(38-34-48-31-35-53(59)61(47)62(48)54)68(52-29-17-6-18-30-52)64-56(46-25-13-4-14-26-46)40-50(42-58(64)66)44-21-9-2-10-22-44/h1-21,23-42,44H,22H2. The lowest BCUT2D eigenvalue weighted by atomic mass is 9.88. The summed E-state index contributed by atoms with van der Waals surface area (Å²) in [5.41, 5.74) is 10.4. The van der Waals surface area contributed by atoms with Crippen molar-refractivity contribution in [3.63, 3.8) is 0 Å². The smallest absolute Gasteiger partial charge is 0.148 e. The van der Waals surface area contributed by atoms with Gasteiger partial charge < -0.3 is 9.80 Å². The summed E-state index contributed by atoms with van der Waals surface area (Å²) in [6.45, 7) is 0. The SMILES string of the molecule is Fc1cc(-c2ccccc2)cc(-c2ccccc2)c1N(c1ccccc1)c1ccc2ccc3c(N(c4ccccc4)c4c(F)cc(C5C=CC=CC5)cc4-c4ccccc4)ccc4ccc1c2c43. The van der Waals surface area contributed by atoms with Crippen molar-refractivity contribution in [1.82, 2.24) is 0 Å². The van der Waals surface area contributed by atoms with Crippen molar-refractivity contribution in [3.8, 4) is 33.4 Å². The molecule has 0 N–H and O–H groups in total. The fraction of sp³-hybridized carbons (Fsp3) is 0.0312. The second-order valence-electron chi connectivity index (χ2n) is 17.4. The average molecular weight is 879 g/mol. The van der Waals surface area contributed by atoms with E-state index in [2.05, 4.69) is 101 Å². The van der Waals surface area contributed by atoms with Crippen molar-refractivity contribution in [2.45, 2.75) is 12.3 Å². The molecule has 2 nitrogen and oxygen atoms in total. The van der Waals surface area contributed by atoms with Crippen LogP contribution in [0.25, 0.3) is 65.7 Å². The Labute approximate surface area is 395 Å². The van der Waals surface area contributed by atoms with Gasteiger partial charge >= 0.3 is 0 Å². The van der Waals surface area contributed by atoms with Gasteiger partial charge in [-0.15, -0.1) is 0 Å². The predicted molar refractivity (Wildman–Crippen MR) is 281 cm³/mol. The number of para-hydroxylation sites is 2. The van der Waals surface area contributed by atoms with Crippen molar-refractivity contribution in [3.05, 3.63) is 266 Å². The molecule has 12 rings (SSSR count). The minimum absolute atomic E-state index is 0.0643. The molecule has 4 heteroatoms. The zero-order chi connectivity index (χ0) is 45.6. The van der Waals surface area contributed by atoms with E-state index in [0.717, 1.165) is 100 Å². The molecule has 1 aliphatic rings. The van der Waals surface area contributed by atoms with Crippen LogP contribution in [-0.4, -0.2) is 0 Å². The topological polar surface area (TPSA) is 6.48 Å². The first-order valence-electron chi connectivity index (χ1n) is 23.2. The Balaban J connectivity index is 1.11. The van der Waals surface area contributed by atoms with Gasteiger partial charge in [-0.3, -0.25) is 0 Å². The van der Waals surface area contributed by atoms with Crippen LogP contribution in [0.15, 0.2) is 249 Å². The molecule has 0 aliphatic heterocycles. The summed E-state index contributed by atoms with van der Waals surface area (Å²) < 4.78 is 35.2. The summed E-state index contributed by atoms with van der Waals surface area (Å²) in [5.74, 6) is -0.567. The fourth-order valence-corrected chi connectivity index (χ4v) is 10.3. The maximum Gasteiger partial charge on any atom is 0.148 e. The van der Waals surface area contributed by atoms with Gasteiger partial charge in [-0.25, -0.2) is 8.78 Å². The van der Waals surface area contributed by atoms with Crippen LogP contribution in [-0.2, 0) is 0 Å². The van der Waals surface area contributed by atoms with Gasteiger partial charge in [-0.1, -0.05) is 188 Å². The second-order valence-corrected chi connectivity index (χ2v) is 17.4. The molecule has 0 saturated carbocycles. The highest BCUT2D eigenvalue weighted by Crippen LogP contribution is 2.51. The van der Waals surface area contributed by atoms with E-state index in [1.807, 2.05) is 146 Å². The number of hydrogen-bond acceptors (Lipinski definition) is 2. The lowest BCUT2D eigenvalue weighted by molar-refractivity contribution is 0.625. The van der Waals surface area contributed by atoms with Crippen molar-refractivity contribution in [2.24, 2.45) is 0 Å². The van der Waals surface area contributed by atoms with Crippen LogP contribution in [0.5, 0.6) is 0 Å². The molecular weight excluding hydrogens is 835 g/mol. The Hall–Kier alpha value is -8.60. The van der Waals surface area contributed by atoms with Crippen molar-refractivity contribution in [2.75, 3.05) is 9.80 Å². The zero-order valence-electron chi connectivity index (χ0n) is 37.1. The molecule has 11 aromatic carbocycles. The molecule has 1 aliphatic carbocycles. The first-order valence-corrected chi connectivity index (χ1v) is 23.2. The molecule has 1 atom stereocenters. The first kappa shape index (κ1) is 40.9. The van der Waals surface area contributed by atoms with Gasteiger partial charge in [0.15, 0.2) is 0 Å². The van der Waals surface area contributed by atoms with Crippen molar-refractivity contribution in [1.29, 1.82) is 0 Å². The monoisotopic (exact) mass is 878 g/mol. The first-order chi connectivity index (χ1) is 33.6. The van der Waals surface area contributed by atoms with Gasteiger partial charge in [-0.05, 0) is 116 Å². The fourth-order valence-electron chi connectivity index (χ4n) is 10.3. The normalized spacial score (nSPS) is 13.4. The summed E-state index contributed by atoms with van der Waals surface area (Å²) >= 11 is 0. The molecule has 0 heterocycles. The Bertz CT molecular complexity index is 3660. The number of allylic oxidation sites excluding steroid dienone is 4. The molecule has 0 spiro atoms. The van der Waals surface area contributed by atoms with Crippen molar-refractivity contribution < 1.29 is 8.78 Å². The van der Waals surface area contributed by atoms with Crippen molar-refractivity contribution >= 4 is 66.4 Å². The summed E-state index contributed by atoms with van der Waals surface area (Å²) in [6.07, 6.45) is 9.21. The number of halogens is 2. The Kier molecular flexibility index (Phi) is 10.4. The van der Waals surface area contributed by atoms with E-state index in [0.29, 0.717) is 11.4 Å². The van der Waals surface area contributed by atoms with E-state index in [1.54, 1.807) is 12.1 Å². The van der Waals surface area contributed by atoms with E-state index < -0.39 is 0 Å². The molecule has 11 aromatic rings. The Morgan fingerprint density at radius 2 is 0.824 bits per heavy atom. The highest BCUT2D eigenvalue weighted by Gasteiger charge is 2.28. The van der Waals surface area contributed by atoms with Crippen LogP contribution < -0.4 is 9.80 Å². The molecule has 0 saturated heterocycles. The minimum Gasteiger partial charge on any atom is -0.307 e. The van der Waals surface area contributed by atoms with Gasteiger partial charge in [0.05, 0.1) is 22.7 Å². The summed E-state index contributed by atoms with van der Waals surface area (Å²) in [6, 6.07) is 75.3. The molecule has 0 radical (unpaired) electrons. The number of benzene rings is 11. The second kappa shape index (κ2) is 17.3. The van der Waals surface area contributed by atoms with Crippen LogP contribution in [0.4, 0.5) is 42.9 Å². The molecule has 0 amide bonds. The van der Waals surface area contributed by atoms with E-state index in [1.165, 1.54) is 0 Å². The third kappa shape index (κ3) is 7.19. The third-order valence-electron chi connectivity index (χ3n) is 13.4. The van der Waals surface area contributed by atoms with Gasteiger partial charge in [0.1, 0.15) is 11.6 Å². The van der Waals surface area contributed by atoms with E-state index in [4.69, 9.17) is 0 Å². The lowest BCUT2D eigenvalue weighted by Gasteiger charge is -2.32. The molecule has 1 unspecified atom stereocenters. The summed E-state index contributed by atoms with van der Waals surface area (Å²) in [4.78, 5) is 4.17. The summed E-state index contributed by atoms with van der Waals surface area (Å²) in [7, 11) is 0. The molecule has 324 valence electrons. The summed E-state index contributed by atoms with van der Waals surface area (Å²) in [5, 5.41) is 6.14. The van der Waals surface area contributed by atoms with Gasteiger partial charge in [0.25, 0.3) is 0 Å². The molecule has 68 heavy (non-hydrogen) atoms. The molecule has 0 aromatic heterocycles. The number of hydrogen-bond donors (Lipinski definition) is 0. The van der Waals surface area contributed by atoms with Crippen LogP contribution in [0.2, 0.25) is 0 Å². The largest absolute Gasteiger partial charge is 0.307 e. The van der Waals surface area contributed by atoms with Gasteiger partial charge in [-0.2, -0.15) is 0 Å². The highest BCUT2D eigenvalue weighted by molar-refractivity contribution is 6.28. The molecule has 0 bridgehead atoms. The molecular formula is C64H44F2N2. The lowest BCUT2D eigenvalue weighted by Crippen LogP contribution is -2.15. The number of rotatable bonds is 10. The third-order valence-corrected chi connectivity index (χ3v) is 13.4. The zero-order valence-corrected chi connectivity index (χ0v) is 37.1. The quantitative estimate of drug-likeness (QED) is 0.126.